The van der Waals surface area contributed by atoms with Crippen molar-refractivity contribution in [1.82, 2.24) is 24.2 Å². The number of aromatic nitrogens is 4. The van der Waals surface area contributed by atoms with Gasteiger partial charge in [0.15, 0.2) is 0 Å². The van der Waals surface area contributed by atoms with E-state index in [0.29, 0.717) is 23.6 Å². The number of nitrogens with zero attached hydrogens (tertiary/aromatic N) is 4. The monoisotopic (exact) mass is 359 g/mol. The third kappa shape index (κ3) is 3.95. The zero-order valence-electron chi connectivity index (χ0n) is 15.3. The highest BCUT2D eigenvalue weighted by atomic mass is 16.2. The summed E-state index contributed by atoms with van der Waals surface area (Å²) >= 11 is 0. The number of carbonyl (C=O) groups excluding carboxylic acids is 1. The number of nitrogens with one attached hydrogen (secondary N) is 1. The van der Waals surface area contributed by atoms with Gasteiger partial charge in [-0.2, -0.15) is 5.10 Å². The Kier molecular flexibility index (Phi) is 5.39. The number of hydrogen-bond donors (Lipinski definition) is 1. The molecule has 2 aromatic heterocycles. The van der Waals surface area contributed by atoms with Crippen molar-refractivity contribution in [3.05, 3.63) is 50.6 Å². The summed E-state index contributed by atoms with van der Waals surface area (Å²) in [7, 11) is 1.44. The summed E-state index contributed by atoms with van der Waals surface area (Å²) in [6, 6.07) is 1.92. The molecule has 0 unspecified atom stereocenters. The molecule has 0 bridgehead atoms. The highest BCUT2D eigenvalue weighted by molar-refractivity contribution is 5.76. The highest BCUT2D eigenvalue weighted by Gasteiger charge is 2.23. The number of rotatable bonds is 5. The van der Waals surface area contributed by atoms with E-state index in [-0.39, 0.29) is 17.9 Å². The van der Waals surface area contributed by atoms with Gasteiger partial charge in [0.05, 0.1) is 0 Å². The van der Waals surface area contributed by atoms with Gasteiger partial charge in [-0.05, 0) is 38.2 Å². The largest absolute Gasteiger partial charge is 0.343 e. The van der Waals surface area contributed by atoms with Gasteiger partial charge in [-0.1, -0.05) is 0 Å². The van der Waals surface area contributed by atoms with Crippen molar-refractivity contribution in [3.63, 3.8) is 0 Å². The summed E-state index contributed by atoms with van der Waals surface area (Å²) in [5.41, 5.74) is 0.302. The predicted octanol–water partition coefficient (Wildman–Crippen LogP) is 0.450. The average Bonchev–Trinajstić information content (AvgIpc) is 3.13. The molecule has 2 aromatic rings. The highest BCUT2D eigenvalue weighted by Crippen LogP contribution is 2.19. The minimum Gasteiger partial charge on any atom is -0.343 e. The van der Waals surface area contributed by atoms with Crippen LogP contribution in [-0.2, 0) is 24.8 Å². The number of carbonyl (C=O) groups is 1. The minimum atomic E-state index is -0.429. The van der Waals surface area contributed by atoms with Gasteiger partial charge in [0, 0.05) is 56.8 Å². The van der Waals surface area contributed by atoms with E-state index >= 15 is 0 Å². The van der Waals surface area contributed by atoms with Crippen LogP contribution in [0.15, 0.2) is 28.0 Å². The summed E-state index contributed by atoms with van der Waals surface area (Å²) in [6.07, 6.45) is 6.30. The van der Waals surface area contributed by atoms with Crippen molar-refractivity contribution >= 4 is 5.91 Å². The van der Waals surface area contributed by atoms with Crippen LogP contribution in [-0.4, -0.2) is 43.2 Å². The van der Waals surface area contributed by atoms with Crippen LogP contribution in [0.1, 0.15) is 30.5 Å². The standard InChI is InChI=1S/C18H25N5O3/c1-13-15(17(25)21(2)18(26)20-13)4-5-16(24)22-10-6-14(7-11-22)12-23-9-3-8-19-23/h3,8-9,14H,4-7,10-12H2,1-2H3,(H,20,26). The number of piperidine rings is 1. The van der Waals surface area contributed by atoms with Gasteiger partial charge < -0.3 is 9.88 Å². The van der Waals surface area contributed by atoms with Crippen molar-refractivity contribution in [1.29, 1.82) is 0 Å². The van der Waals surface area contributed by atoms with Crippen LogP contribution in [0.3, 0.4) is 0 Å². The molecule has 1 N–H and O–H groups in total. The van der Waals surface area contributed by atoms with E-state index in [9.17, 15) is 14.4 Å². The smallest absolute Gasteiger partial charge is 0.328 e. The third-order valence-corrected chi connectivity index (χ3v) is 5.18. The quantitative estimate of drug-likeness (QED) is 0.839. The molecule has 0 radical (unpaired) electrons. The van der Waals surface area contributed by atoms with Crippen molar-refractivity contribution in [2.24, 2.45) is 13.0 Å². The van der Waals surface area contributed by atoms with E-state index in [2.05, 4.69) is 10.1 Å². The molecule has 1 amide bonds. The van der Waals surface area contributed by atoms with E-state index < -0.39 is 5.69 Å². The molecular weight excluding hydrogens is 334 g/mol. The lowest BCUT2D eigenvalue weighted by atomic mass is 9.96. The maximum atomic E-state index is 12.5. The number of H-pyrrole nitrogens is 1. The number of amides is 1. The molecule has 0 aliphatic carbocycles. The minimum absolute atomic E-state index is 0.0650. The average molecular weight is 359 g/mol. The molecule has 3 heterocycles. The molecule has 8 heteroatoms. The predicted molar refractivity (Wildman–Crippen MR) is 96.9 cm³/mol. The summed E-state index contributed by atoms with van der Waals surface area (Å²) < 4.78 is 2.99. The Balaban J connectivity index is 1.53. The maximum Gasteiger partial charge on any atom is 0.328 e. The molecule has 3 rings (SSSR count). The summed E-state index contributed by atoms with van der Waals surface area (Å²) in [6.45, 7) is 4.08. The van der Waals surface area contributed by atoms with Gasteiger partial charge in [0.2, 0.25) is 5.91 Å². The van der Waals surface area contributed by atoms with Crippen LogP contribution in [0.4, 0.5) is 0 Å². The van der Waals surface area contributed by atoms with Crippen LogP contribution in [0.25, 0.3) is 0 Å². The molecule has 1 aliphatic rings. The Morgan fingerprint density at radius 1 is 1.31 bits per heavy atom. The Hall–Kier alpha value is -2.64. The molecular formula is C18H25N5O3. The van der Waals surface area contributed by atoms with Gasteiger partial charge in [-0.3, -0.25) is 18.8 Å². The van der Waals surface area contributed by atoms with E-state index in [1.807, 2.05) is 21.8 Å². The zero-order chi connectivity index (χ0) is 18.7. The van der Waals surface area contributed by atoms with E-state index in [1.54, 1.807) is 13.1 Å². The normalized spacial score (nSPS) is 15.4. The number of hydrogen-bond acceptors (Lipinski definition) is 4. The second kappa shape index (κ2) is 7.72. The lowest BCUT2D eigenvalue weighted by molar-refractivity contribution is -0.132. The maximum absolute atomic E-state index is 12.5. The first-order valence-electron chi connectivity index (χ1n) is 8.99. The first-order chi connectivity index (χ1) is 12.5. The van der Waals surface area contributed by atoms with Crippen molar-refractivity contribution in [2.45, 2.75) is 39.2 Å². The Morgan fingerprint density at radius 3 is 2.69 bits per heavy atom. The molecule has 1 aliphatic heterocycles. The van der Waals surface area contributed by atoms with Crippen molar-refractivity contribution < 1.29 is 4.79 Å². The zero-order valence-corrected chi connectivity index (χ0v) is 15.3. The molecule has 140 valence electrons. The molecule has 26 heavy (non-hydrogen) atoms. The molecule has 0 atom stereocenters. The first kappa shape index (κ1) is 18.2. The fourth-order valence-electron chi connectivity index (χ4n) is 3.50. The number of likely N-dealkylation sites (tertiary alicyclic amines) is 1. The second-order valence-electron chi connectivity index (χ2n) is 6.95. The van der Waals surface area contributed by atoms with Gasteiger partial charge in [0.1, 0.15) is 0 Å². The van der Waals surface area contributed by atoms with Crippen LogP contribution < -0.4 is 11.2 Å². The molecule has 8 nitrogen and oxygen atoms in total. The molecule has 0 saturated carbocycles. The van der Waals surface area contributed by atoms with Crippen molar-refractivity contribution in [2.75, 3.05) is 13.1 Å². The third-order valence-electron chi connectivity index (χ3n) is 5.18. The first-order valence-corrected chi connectivity index (χ1v) is 8.99. The Bertz CT molecular complexity index is 873. The number of aromatic amines is 1. The summed E-state index contributed by atoms with van der Waals surface area (Å²) in [4.78, 5) is 40.8. The van der Waals surface area contributed by atoms with Gasteiger partial charge in [-0.25, -0.2) is 4.79 Å². The molecule has 0 spiro atoms. The topological polar surface area (TPSA) is 93.0 Å². The van der Waals surface area contributed by atoms with Crippen molar-refractivity contribution in [3.8, 4) is 0 Å². The summed E-state index contributed by atoms with van der Waals surface area (Å²) in [5.74, 6) is 0.600. The molecule has 1 fully saturated rings. The molecule has 1 saturated heterocycles. The number of aryl methyl sites for hydroxylation is 1. The van der Waals surface area contributed by atoms with E-state index in [0.717, 1.165) is 37.0 Å². The fraction of sp³-hybridized carbons (Fsp3) is 0.556. The van der Waals surface area contributed by atoms with Gasteiger partial charge >= 0.3 is 5.69 Å². The summed E-state index contributed by atoms with van der Waals surface area (Å²) in [5, 5.41) is 4.24. The van der Waals surface area contributed by atoms with Gasteiger partial charge in [0.25, 0.3) is 5.56 Å². The fourth-order valence-corrected chi connectivity index (χ4v) is 3.50. The van der Waals surface area contributed by atoms with Crippen LogP contribution in [0.2, 0.25) is 0 Å². The lowest BCUT2D eigenvalue weighted by Gasteiger charge is -2.32. The molecule has 0 aromatic carbocycles. The SMILES string of the molecule is Cc1[nH]c(=O)n(C)c(=O)c1CCC(=O)N1CCC(Cn2cccn2)CC1. The van der Waals surface area contributed by atoms with Crippen LogP contribution in [0, 0.1) is 12.8 Å². The van der Waals surface area contributed by atoms with E-state index in [4.69, 9.17) is 0 Å². The van der Waals surface area contributed by atoms with Gasteiger partial charge in [-0.15, -0.1) is 0 Å². The Labute approximate surface area is 151 Å². The Morgan fingerprint density at radius 2 is 2.04 bits per heavy atom. The van der Waals surface area contributed by atoms with Crippen LogP contribution in [0.5, 0.6) is 0 Å². The van der Waals surface area contributed by atoms with Crippen LogP contribution >= 0.6 is 0 Å². The second-order valence-corrected chi connectivity index (χ2v) is 6.95. The van der Waals surface area contributed by atoms with E-state index in [1.165, 1.54) is 7.05 Å². The lowest BCUT2D eigenvalue weighted by Crippen LogP contribution is -2.40.